The van der Waals surface area contributed by atoms with Gasteiger partial charge in [-0.1, -0.05) is 12.1 Å². The number of hydrogen-bond acceptors (Lipinski definition) is 4. The number of benzene rings is 1. The Labute approximate surface area is 120 Å². The summed E-state index contributed by atoms with van der Waals surface area (Å²) in [5.41, 5.74) is 0.874. The average molecular weight is 277 g/mol. The topological polar surface area (TPSA) is 47.0 Å². The second-order valence-electron chi connectivity index (χ2n) is 5.42. The van der Waals surface area contributed by atoms with E-state index in [0.717, 1.165) is 31.9 Å². The Balaban J connectivity index is 1.96. The lowest BCUT2D eigenvalue weighted by atomic mass is 10.2. The molecule has 1 amide bonds. The summed E-state index contributed by atoms with van der Waals surface area (Å²) >= 11 is 0. The molecule has 2 rings (SSSR count). The number of piperazine rings is 1. The lowest BCUT2D eigenvalue weighted by molar-refractivity contribution is -0.133. The molecule has 5 nitrogen and oxygen atoms in total. The molecule has 20 heavy (non-hydrogen) atoms. The van der Waals surface area contributed by atoms with E-state index in [0.29, 0.717) is 5.75 Å². The van der Waals surface area contributed by atoms with Crippen molar-refractivity contribution < 1.29 is 9.90 Å². The van der Waals surface area contributed by atoms with Crippen molar-refractivity contribution in [1.29, 1.82) is 0 Å². The fourth-order valence-electron chi connectivity index (χ4n) is 2.61. The number of carbonyl (C=O) groups is 1. The minimum atomic E-state index is -0.0866. The number of anilines is 1. The zero-order valence-electron chi connectivity index (χ0n) is 12.4. The van der Waals surface area contributed by atoms with Crippen molar-refractivity contribution in [2.24, 2.45) is 0 Å². The number of rotatable bonds is 3. The quantitative estimate of drug-likeness (QED) is 0.895. The molecule has 110 valence electrons. The van der Waals surface area contributed by atoms with Gasteiger partial charge in [-0.3, -0.25) is 9.69 Å². The molecule has 1 atom stereocenters. The molecule has 1 fully saturated rings. The number of likely N-dealkylation sites (N-methyl/N-ethyl adjacent to an activating group) is 1. The normalized spacial score (nSPS) is 17.9. The fraction of sp³-hybridized carbons (Fsp3) is 0.533. The summed E-state index contributed by atoms with van der Waals surface area (Å²) in [6.07, 6.45) is 0. The van der Waals surface area contributed by atoms with Gasteiger partial charge in [0, 0.05) is 40.3 Å². The van der Waals surface area contributed by atoms with Gasteiger partial charge in [0.2, 0.25) is 5.91 Å². The van der Waals surface area contributed by atoms with E-state index in [1.807, 2.05) is 25.1 Å². The van der Waals surface area contributed by atoms with Gasteiger partial charge in [-0.25, -0.2) is 0 Å². The van der Waals surface area contributed by atoms with E-state index in [2.05, 4.69) is 9.80 Å². The van der Waals surface area contributed by atoms with E-state index < -0.39 is 0 Å². The van der Waals surface area contributed by atoms with Gasteiger partial charge in [-0.2, -0.15) is 0 Å². The summed E-state index contributed by atoms with van der Waals surface area (Å²) in [6.45, 7) is 5.26. The van der Waals surface area contributed by atoms with Crippen molar-refractivity contribution in [3.05, 3.63) is 24.3 Å². The molecule has 1 aliphatic heterocycles. The molecular formula is C15H23N3O2. The summed E-state index contributed by atoms with van der Waals surface area (Å²) in [5, 5.41) is 9.88. The van der Waals surface area contributed by atoms with E-state index in [4.69, 9.17) is 0 Å². The maximum Gasteiger partial charge on any atom is 0.239 e. The lowest BCUT2D eigenvalue weighted by Crippen LogP contribution is -2.53. The predicted octanol–water partition coefficient (Wildman–Crippen LogP) is 0.991. The van der Waals surface area contributed by atoms with E-state index >= 15 is 0 Å². The van der Waals surface area contributed by atoms with E-state index in [1.165, 1.54) is 0 Å². The van der Waals surface area contributed by atoms with Crippen LogP contribution in [0.25, 0.3) is 0 Å². The second-order valence-corrected chi connectivity index (χ2v) is 5.42. The highest BCUT2D eigenvalue weighted by Crippen LogP contribution is 2.27. The molecule has 5 heteroatoms. The molecule has 0 bridgehead atoms. The van der Waals surface area contributed by atoms with E-state index in [9.17, 15) is 9.90 Å². The molecule has 0 spiro atoms. The first-order valence-corrected chi connectivity index (χ1v) is 6.99. The zero-order valence-corrected chi connectivity index (χ0v) is 12.4. The Hall–Kier alpha value is -1.75. The van der Waals surface area contributed by atoms with Gasteiger partial charge in [0.1, 0.15) is 5.75 Å². The van der Waals surface area contributed by atoms with Crippen LogP contribution in [-0.4, -0.2) is 67.1 Å². The summed E-state index contributed by atoms with van der Waals surface area (Å²) in [7, 11) is 3.58. The first-order chi connectivity index (χ1) is 9.50. The predicted molar refractivity (Wildman–Crippen MR) is 80.0 cm³/mol. The van der Waals surface area contributed by atoms with Crippen molar-refractivity contribution in [2.75, 3.05) is 45.2 Å². The van der Waals surface area contributed by atoms with Crippen LogP contribution in [0.3, 0.4) is 0 Å². The number of amides is 1. The molecular weight excluding hydrogens is 254 g/mol. The van der Waals surface area contributed by atoms with Crippen LogP contribution in [0.15, 0.2) is 24.3 Å². The van der Waals surface area contributed by atoms with Crippen LogP contribution in [0.4, 0.5) is 5.69 Å². The Morgan fingerprint density at radius 2 is 1.80 bits per heavy atom. The van der Waals surface area contributed by atoms with Crippen molar-refractivity contribution in [2.45, 2.75) is 13.0 Å². The maximum atomic E-state index is 12.0. The standard InChI is InChI=1S/C15H23N3O2/c1-12(15(20)16(2)3)17-8-10-18(11-9-17)13-6-4-5-7-14(13)19/h4-7,12,19H,8-11H2,1-3H3/t12-/m0/s1. The first kappa shape index (κ1) is 14.7. The van der Waals surface area contributed by atoms with Gasteiger partial charge in [0.25, 0.3) is 0 Å². The third-order valence-corrected chi connectivity index (χ3v) is 3.88. The third-order valence-electron chi connectivity index (χ3n) is 3.88. The Morgan fingerprint density at radius 3 is 2.35 bits per heavy atom. The summed E-state index contributed by atoms with van der Waals surface area (Å²) in [5.74, 6) is 0.458. The van der Waals surface area contributed by atoms with Crippen molar-refractivity contribution >= 4 is 11.6 Å². The highest BCUT2D eigenvalue weighted by atomic mass is 16.3. The van der Waals surface area contributed by atoms with Crippen LogP contribution >= 0.6 is 0 Å². The van der Waals surface area contributed by atoms with Crippen LogP contribution in [0.1, 0.15) is 6.92 Å². The molecule has 0 radical (unpaired) electrons. The van der Waals surface area contributed by atoms with Gasteiger partial charge in [0.15, 0.2) is 0 Å². The summed E-state index contributed by atoms with van der Waals surface area (Å²) < 4.78 is 0. The van der Waals surface area contributed by atoms with Gasteiger partial charge in [0.05, 0.1) is 11.7 Å². The van der Waals surface area contributed by atoms with Crippen molar-refractivity contribution in [3.63, 3.8) is 0 Å². The molecule has 1 aromatic rings. The van der Waals surface area contributed by atoms with Crippen molar-refractivity contribution in [1.82, 2.24) is 9.80 Å². The smallest absolute Gasteiger partial charge is 0.239 e. The lowest BCUT2D eigenvalue weighted by Gasteiger charge is -2.39. The van der Waals surface area contributed by atoms with E-state index in [1.54, 1.807) is 25.1 Å². The minimum Gasteiger partial charge on any atom is -0.506 e. The highest BCUT2D eigenvalue weighted by Gasteiger charge is 2.27. The molecule has 1 saturated heterocycles. The number of hydrogen-bond donors (Lipinski definition) is 1. The number of phenols is 1. The Morgan fingerprint density at radius 1 is 1.20 bits per heavy atom. The summed E-state index contributed by atoms with van der Waals surface area (Å²) in [4.78, 5) is 18.0. The molecule has 0 aliphatic carbocycles. The van der Waals surface area contributed by atoms with Crippen LogP contribution in [0.5, 0.6) is 5.75 Å². The Kier molecular flexibility index (Phi) is 4.49. The third kappa shape index (κ3) is 3.04. The monoisotopic (exact) mass is 277 g/mol. The molecule has 0 unspecified atom stereocenters. The first-order valence-electron chi connectivity index (χ1n) is 6.99. The number of carbonyl (C=O) groups excluding carboxylic acids is 1. The molecule has 0 aromatic heterocycles. The maximum absolute atomic E-state index is 12.0. The number of para-hydroxylation sites is 2. The van der Waals surface area contributed by atoms with Crippen LogP contribution in [0.2, 0.25) is 0 Å². The molecule has 1 N–H and O–H groups in total. The fourth-order valence-corrected chi connectivity index (χ4v) is 2.61. The SMILES string of the molecule is C[C@@H](C(=O)N(C)C)N1CCN(c2ccccc2O)CC1. The van der Waals surface area contributed by atoms with Gasteiger partial charge < -0.3 is 14.9 Å². The van der Waals surface area contributed by atoms with Crippen LogP contribution in [-0.2, 0) is 4.79 Å². The second kappa shape index (κ2) is 6.13. The van der Waals surface area contributed by atoms with Crippen LogP contribution in [0, 0.1) is 0 Å². The zero-order chi connectivity index (χ0) is 14.7. The summed E-state index contributed by atoms with van der Waals surface area (Å²) in [6, 6.07) is 7.31. The number of aromatic hydroxyl groups is 1. The molecule has 0 saturated carbocycles. The minimum absolute atomic E-state index is 0.0866. The van der Waals surface area contributed by atoms with Crippen molar-refractivity contribution in [3.8, 4) is 5.75 Å². The average Bonchev–Trinajstić information content (AvgIpc) is 2.46. The molecule has 1 aliphatic rings. The van der Waals surface area contributed by atoms with Gasteiger partial charge >= 0.3 is 0 Å². The van der Waals surface area contributed by atoms with Gasteiger partial charge in [-0.05, 0) is 19.1 Å². The number of nitrogens with zero attached hydrogens (tertiary/aromatic N) is 3. The van der Waals surface area contributed by atoms with E-state index in [-0.39, 0.29) is 11.9 Å². The highest BCUT2D eigenvalue weighted by molar-refractivity contribution is 5.81. The largest absolute Gasteiger partial charge is 0.506 e. The van der Waals surface area contributed by atoms with Crippen LogP contribution < -0.4 is 4.90 Å². The molecule has 1 aromatic carbocycles. The Bertz CT molecular complexity index is 468. The molecule has 1 heterocycles. The van der Waals surface area contributed by atoms with Gasteiger partial charge in [-0.15, -0.1) is 0 Å². The number of phenolic OH excluding ortho intramolecular Hbond substituents is 1.